The highest BCUT2D eigenvalue weighted by Gasteiger charge is 2.22. The Hall–Kier alpha value is -1.18. The summed E-state index contributed by atoms with van der Waals surface area (Å²) in [5.41, 5.74) is 8.21. The number of guanidine groups is 1. The van der Waals surface area contributed by atoms with Crippen molar-refractivity contribution in [1.29, 1.82) is 0 Å². The molecule has 6 heteroatoms. The van der Waals surface area contributed by atoms with E-state index in [1.165, 1.54) is 24.8 Å². The summed E-state index contributed by atoms with van der Waals surface area (Å²) in [5, 5.41) is 3.22. The molecule has 0 amide bonds. The average Bonchev–Trinajstić information content (AvgIpc) is 2.82. The molecule has 134 valence electrons. The van der Waals surface area contributed by atoms with Crippen LogP contribution in [-0.2, 0) is 13.0 Å². The second-order valence-corrected chi connectivity index (χ2v) is 6.51. The highest BCUT2D eigenvalue weighted by atomic mass is 127. The highest BCUT2D eigenvalue weighted by molar-refractivity contribution is 14.0. The normalized spacial score (nSPS) is 19.8. The molecule has 2 aliphatic rings. The minimum atomic E-state index is 0. The van der Waals surface area contributed by atoms with Gasteiger partial charge in [0.15, 0.2) is 5.96 Å². The van der Waals surface area contributed by atoms with Crippen LogP contribution in [0.1, 0.15) is 44.2 Å². The Morgan fingerprint density at radius 3 is 2.88 bits per heavy atom. The van der Waals surface area contributed by atoms with Crippen LogP contribution >= 0.6 is 24.0 Å². The van der Waals surface area contributed by atoms with Gasteiger partial charge in [0, 0.05) is 24.1 Å². The molecule has 0 spiro atoms. The predicted molar refractivity (Wildman–Crippen MR) is 107 cm³/mol. The monoisotopic (exact) mass is 445 g/mol. The molecule has 24 heavy (non-hydrogen) atoms. The highest BCUT2D eigenvalue weighted by Crippen LogP contribution is 2.35. The minimum Gasteiger partial charge on any atom is -0.494 e. The summed E-state index contributed by atoms with van der Waals surface area (Å²) in [4.78, 5) is 4.46. The maximum atomic E-state index is 5.97. The first kappa shape index (κ1) is 19.1. The van der Waals surface area contributed by atoms with Crippen LogP contribution in [0.5, 0.6) is 11.5 Å². The summed E-state index contributed by atoms with van der Waals surface area (Å²) in [6.45, 7) is 6.15. The number of rotatable bonds is 6. The first-order valence-electron chi connectivity index (χ1n) is 8.64. The quantitative estimate of drug-likeness (QED) is 0.401. The Kier molecular flexibility index (Phi) is 7.01. The van der Waals surface area contributed by atoms with E-state index >= 15 is 0 Å². The van der Waals surface area contributed by atoms with E-state index in [0.717, 1.165) is 35.9 Å². The smallest absolute Gasteiger partial charge is 0.188 e. The van der Waals surface area contributed by atoms with Gasteiger partial charge in [-0.3, -0.25) is 0 Å². The molecule has 3 rings (SSSR count). The third-order valence-corrected chi connectivity index (χ3v) is 4.60. The van der Waals surface area contributed by atoms with Crippen molar-refractivity contribution in [2.24, 2.45) is 16.6 Å². The van der Waals surface area contributed by atoms with Crippen LogP contribution in [0.15, 0.2) is 17.1 Å². The summed E-state index contributed by atoms with van der Waals surface area (Å²) in [7, 11) is 0. The van der Waals surface area contributed by atoms with Gasteiger partial charge in [0.2, 0.25) is 0 Å². The summed E-state index contributed by atoms with van der Waals surface area (Å²) >= 11 is 0. The van der Waals surface area contributed by atoms with Crippen molar-refractivity contribution >= 4 is 29.9 Å². The van der Waals surface area contributed by atoms with Gasteiger partial charge >= 0.3 is 0 Å². The standard InChI is InChI=1S/C18H27N3O2.HI/c1-3-22-16-8-14-7-12(2)23-17(14)9-15(16)11-21-18(19)20-10-13-5-4-6-13;/h8-9,12-13H,3-7,10-11H2,1-2H3,(H3,19,20,21);1H. The van der Waals surface area contributed by atoms with Crippen LogP contribution in [0.4, 0.5) is 0 Å². The molecule has 5 nitrogen and oxygen atoms in total. The third-order valence-electron chi connectivity index (χ3n) is 4.60. The molecular weight excluding hydrogens is 417 g/mol. The van der Waals surface area contributed by atoms with Gasteiger partial charge in [-0.05, 0) is 44.7 Å². The predicted octanol–water partition coefficient (Wildman–Crippen LogP) is 3.23. The zero-order valence-corrected chi connectivity index (χ0v) is 16.8. The van der Waals surface area contributed by atoms with E-state index < -0.39 is 0 Å². The molecule has 1 aromatic carbocycles. The fourth-order valence-electron chi connectivity index (χ4n) is 3.07. The van der Waals surface area contributed by atoms with Gasteiger partial charge in [0.1, 0.15) is 17.6 Å². The van der Waals surface area contributed by atoms with E-state index in [9.17, 15) is 0 Å². The number of ether oxygens (including phenoxy) is 2. The summed E-state index contributed by atoms with van der Waals surface area (Å²) < 4.78 is 11.6. The van der Waals surface area contributed by atoms with Gasteiger partial charge in [0.05, 0.1) is 13.2 Å². The van der Waals surface area contributed by atoms with E-state index in [-0.39, 0.29) is 30.1 Å². The maximum Gasteiger partial charge on any atom is 0.188 e. The Morgan fingerprint density at radius 2 is 2.21 bits per heavy atom. The Labute approximate surface area is 161 Å². The lowest BCUT2D eigenvalue weighted by Gasteiger charge is -2.25. The van der Waals surface area contributed by atoms with E-state index in [1.54, 1.807) is 0 Å². The number of aliphatic imine (C=N–C) groups is 1. The molecular formula is C18H28IN3O2. The molecule has 0 bridgehead atoms. The average molecular weight is 445 g/mol. The summed E-state index contributed by atoms with van der Waals surface area (Å²) in [6, 6.07) is 4.14. The topological polar surface area (TPSA) is 68.9 Å². The van der Waals surface area contributed by atoms with Gasteiger partial charge in [-0.15, -0.1) is 24.0 Å². The molecule has 0 saturated heterocycles. The SMILES string of the molecule is CCOc1cc2c(cc1CN=C(N)NCC1CCC1)OC(C)C2.I. The number of hydrogen-bond donors (Lipinski definition) is 2. The van der Waals surface area contributed by atoms with Crippen molar-refractivity contribution < 1.29 is 9.47 Å². The van der Waals surface area contributed by atoms with Crippen LogP contribution in [0.2, 0.25) is 0 Å². The van der Waals surface area contributed by atoms with Crippen LogP contribution in [-0.4, -0.2) is 25.2 Å². The third kappa shape index (κ3) is 4.68. The van der Waals surface area contributed by atoms with Crippen LogP contribution in [0.3, 0.4) is 0 Å². The van der Waals surface area contributed by atoms with Gasteiger partial charge < -0.3 is 20.5 Å². The number of halogens is 1. The number of hydrogen-bond acceptors (Lipinski definition) is 3. The zero-order valence-electron chi connectivity index (χ0n) is 14.5. The van der Waals surface area contributed by atoms with Crippen LogP contribution in [0, 0.1) is 5.92 Å². The van der Waals surface area contributed by atoms with E-state index in [4.69, 9.17) is 15.2 Å². The Bertz CT molecular complexity index is 588. The lowest BCUT2D eigenvalue weighted by atomic mass is 9.85. The van der Waals surface area contributed by atoms with Gasteiger partial charge in [-0.25, -0.2) is 4.99 Å². The number of fused-ring (bicyclic) bond motifs is 1. The Balaban J connectivity index is 0.00000208. The zero-order chi connectivity index (χ0) is 16.2. The van der Waals surface area contributed by atoms with Crippen molar-refractivity contribution in [2.45, 2.75) is 52.2 Å². The van der Waals surface area contributed by atoms with Crippen molar-refractivity contribution in [3.8, 4) is 11.5 Å². The minimum absolute atomic E-state index is 0. The van der Waals surface area contributed by atoms with E-state index in [1.807, 2.05) is 13.0 Å². The molecule has 0 radical (unpaired) electrons. The number of nitrogens with one attached hydrogen (secondary N) is 1. The molecule has 1 unspecified atom stereocenters. The summed E-state index contributed by atoms with van der Waals surface area (Å²) in [5.74, 6) is 3.11. The molecule has 0 aromatic heterocycles. The number of nitrogens with two attached hydrogens (primary N) is 1. The van der Waals surface area contributed by atoms with Crippen molar-refractivity contribution in [3.05, 3.63) is 23.3 Å². The fourth-order valence-corrected chi connectivity index (χ4v) is 3.07. The molecule has 1 aliphatic heterocycles. The van der Waals surface area contributed by atoms with Crippen LogP contribution in [0.25, 0.3) is 0 Å². The van der Waals surface area contributed by atoms with Crippen molar-refractivity contribution in [1.82, 2.24) is 5.32 Å². The van der Waals surface area contributed by atoms with Crippen molar-refractivity contribution in [2.75, 3.05) is 13.2 Å². The van der Waals surface area contributed by atoms with Gasteiger partial charge in [0.25, 0.3) is 0 Å². The number of nitrogens with zero attached hydrogens (tertiary/aromatic N) is 1. The molecule has 1 saturated carbocycles. The van der Waals surface area contributed by atoms with E-state index in [0.29, 0.717) is 19.1 Å². The molecule has 1 heterocycles. The summed E-state index contributed by atoms with van der Waals surface area (Å²) in [6.07, 6.45) is 5.11. The first-order chi connectivity index (χ1) is 11.2. The molecule has 1 fully saturated rings. The fraction of sp³-hybridized carbons (Fsp3) is 0.611. The molecule has 1 aliphatic carbocycles. The lowest BCUT2D eigenvalue weighted by molar-refractivity contribution is 0.254. The maximum absolute atomic E-state index is 5.97. The largest absolute Gasteiger partial charge is 0.494 e. The van der Waals surface area contributed by atoms with E-state index in [2.05, 4.69) is 23.3 Å². The molecule has 1 atom stereocenters. The van der Waals surface area contributed by atoms with Crippen LogP contribution < -0.4 is 20.5 Å². The Morgan fingerprint density at radius 1 is 1.42 bits per heavy atom. The molecule has 1 aromatic rings. The lowest BCUT2D eigenvalue weighted by Crippen LogP contribution is -2.37. The second kappa shape index (κ2) is 8.78. The van der Waals surface area contributed by atoms with Gasteiger partial charge in [-0.1, -0.05) is 6.42 Å². The first-order valence-corrected chi connectivity index (χ1v) is 8.64. The van der Waals surface area contributed by atoms with Gasteiger partial charge in [-0.2, -0.15) is 0 Å². The van der Waals surface area contributed by atoms with Crippen molar-refractivity contribution in [3.63, 3.8) is 0 Å². The number of benzene rings is 1. The molecule has 3 N–H and O–H groups in total. The second-order valence-electron chi connectivity index (χ2n) is 6.51.